The van der Waals surface area contributed by atoms with Crippen LogP contribution in [0.3, 0.4) is 0 Å². The Hall–Kier alpha value is -0.240. The Bertz CT molecular complexity index is 331. The normalized spacial score (nSPS) is 12.7. The van der Waals surface area contributed by atoms with Gasteiger partial charge < -0.3 is 5.32 Å². The molecule has 0 aliphatic heterocycles. The number of rotatable bonds is 7. The fraction of sp³-hybridized carbons (Fsp3) is 0.571. The molecular formula is C14H21Cl2N. The third-order valence-electron chi connectivity index (χ3n) is 2.83. The summed E-state index contributed by atoms with van der Waals surface area (Å²) in [6.07, 6.45) is 4.67. The fourth-order valence-electron chi connectivity index (χ4n) is 1.88. The van der Waals surface area contributed by atoms with Gasteiger partial charge in [0.15, 0.2) is 0 Å². The van der Waals surface area contributed by atoms with Crippen molar-refractivity contribution in [2.75, 3.05) is 6.54 Å². The van der Waals surface area contributed by atoms with E-state index in [1.807, 2.05) is 18.2 Å². The van der Waals surface area contributed by atoms with E-state index >= 15 is 0 Å². The van der Waals surface area contributed by atoms with E-state index in [1.165, 1.54) is 12.8 Å². The molecule has 1 unspecified atom stereocenters. The average Bonchev–Trinajstić information content (AvgIpc) is 2.30. The van der Waals surface area contributed by atoms with Crippen molar-refractivity contribution >= 4 is 23.2 Å². The van der Waals surface area contributed by atoms with Gasteiger partial charge >= 0.3 is 0 Å². The Labute approximate surface area is 115 Å². The molecule has 1 N–H and O–H groups in total. The Morgan fingerprint density at radius 3 is 2.53 bits per heavy atom. The SMILES string of the molecule is CCCCC(NCCC)c1ccc(Cl)cc1Cl. The molecule has 0 amide bonds. The summed E-state index contributed by atoms with van der Waals surface area (Å²) in [4.78, 5) is 0. The number of benzene rings is 1. The quantitative estimate of drug-likeness (QED) is 0.718. The molecule has 0 saturated heterocycles. The highest BCUT2D eigenvalue weighted by Crippen LogP contribution is 2.29. The Kier molecular flexibility index (Phi) is 6.94. The Morgan fingerprint density at radius 2 is 1.94 bits per heavy atom. The van der Waals surface area contributed by atoms with E-state index in [0.717, 1.165) is 30.0 Å². The van der Waals surface area contributed by atoms with Gasteiger partial charge in [0, 0.05) is 16.1 Å². The maximum atomic E-state index is 6.26. The van der Waals surface area contributed by atoms with Gasteiger partial charge in [-0.2, -0.15) is 0 Å². The Morgan fingerprint density at radius 1 is 1.18 bits per heavy atom. The molecular weight excluding hydrogens is 253 g/mol. The summed E-state index contributed by atoms with van der Waals surface area (Å²) < 4.78 is 0. The van der Waals surface area contributed by atoms with Gasteiger partial charge in [-0.15, -0.1) is 0 Å². The smallest absolute Gasteiger partial charge is 0.0468 e. The minimum Gasteiger partial charge on any atom is -0.310 e. The van der Waals surface area contributed by atoms with E-state index in [1.54, 1.807) is 0 Å². The zero-order valence-corrected chi connectivity index (χ0v) is 12.1. The van der Waals surface area contributed by atoms with Crippen LogP contribution in [0.1, 0.15) is 51.1 Å². The third-order valence-corrected chi connectivity index (χ3v) is 3.39. The standard InChI is InChI=1S/C14H21Cl2N/c1-3-5-6-14(17-9-4-2)12-8-7-11(15)10-13(12)16/h7-8,10,14,17H,3-6,9H2,1-2H3. The van der Waals surface area contributed by atoms with E-state index in [0.29, 0.717) is 11.1 Å². The minimum atomic E-state index is 0.347. The van der Waals surface area contributed by atoms with Gasteiger partial charge in [0.1, 0.15) is 0 Å². The summed E-state index contributed by atoms with van der Waals surface area (Å²) in [5.74, 6) is 0. The molecule has 0 heterocycles. The van der Waals surface area contributed by atoms with Gasteiger partial charge in [0.25, 0.3) is 0 Å². The zero-order valence-electron chi connectivity index (χ0n) is 10.6. The van der Waals surface area contributed by atoms with Crippen LogP contribution in [0, 0.1) is 0 Å². The molecule has 0 saturated carbocycles. The first-order valence-corrected chi connectivity index (χ1v) is 7.13. The summed E-state index contributed by atoms with van der Waals surface area (Å²) >= 11 is 12.2. The van der Waals surface area contributed by atoms with Crippen LogP contribution in [0.25, 0.3) is 0 Å². The molecule has 1 aromatic carbocycles. The van der Waals surface area contributed by atoms with Crippen molar-refractivity contribution in [1.82, 2.24) is 5.32 Å². The lowest BCUT2D eigenvalue weighted by Gasteiger charge is -2.20. The first kappa shape index (κ1) is 14.8. The van der Waals surface area contributed by atoms with Crippen LogP contribution in [0.2, 0.25) is 10.0 Å². The van der Waals surface area contributed by atoms with Gasteiger partial charge in [-0.25, -0.2) is 0 Å². The summed E-state index contributed by atoms with van der Waals surface area (Å²) in [5.41, 5.74) is 1.16. The number of hydrogen-bond donors (Lipinski definition) is 1. The second-order valence-electron chi connectivity index (χ2n) is 4.31. The summed E-state index contributed by atoms with van der Waals surface area (Å²) in [6.45, 7) is 5.40. The van der Waals surface area contributed by atoms with Crippen molar-refractivity contribution in [3.63, 3.8) is 0 Å². The highest BCUT2D eigenvalue weighted by atomic mass is 35.5. The molecule has 1 atom stereocenters. The van der Waals surface area contributed by atoms with Crippen molar-refractivity contribution in [3.8, 4) is 0 Å². The van der Waals surface area contributed by atoms with Crippen LogP contribution in [-0.2, 0) is 0 Å². The predicted molar refractivity (Wildman–Crippen MR) is 77.0 cm³/mol. The van der Waals surface area contributed by atoms with E-state index in [4.69, 9.17) is 23.2 Å². The monoisotopic (exact) mass is 273 g/mol. The summed E-state index contributed by atoms with van der Waals surface area (Å²) in [6, 6.07) is 6.12. The summed E-state index contributed by atoms with van der Waals surface area (Å²) in [7, 11) is 0. The van der Waals surface area contributed by atoms with Crippen LogP contribution < -0.4 is 5.32 Å². The predicted octanol–water partition coefficient (Wildman–Crippen LogP) is 5.22. The van der Waals surface area contributed by atoms with E-state index in [9.17, 15) is 0 Å². The van der Waals surface area contributed by atoms with Crippen LogP contribution in [0.5, 0.6) is 0 Å². The minimum absolute atomic E-state index is 0.347. The molecule has 1 rings (SSSR count). The second kappa shape index (κ2) is 7.97. The van der Waals surface area contributed by atoms with Gasteiger partial charge in [0.05, 0.1) is 0 Å². The fourth-order valence-corrected chi connectivity index (χ4v) is 2.42. The largest absolute Gasteiger partial charge is 0.310 e. The molecule has 0 bridgehead atoms. The molecule has 0 aliphatic rings. The van der Waals surface area contributed by atoms with Crippen molar-refractivity contribution in [1.29, 1.82) is 0 Å². The van der Waals surface area contributed by atoms with Gasteiger partial charge in [-0.05, 0) is 37.1 Å². The third kappa shape index (κ3) is 4.87. The molecule has 3 heteroatoms. The first-order chi connectivity index (χ1) is 8.19. The van der Waals surface area contributed by atoms with E-state index < -0.39 is 0 Å². The number of unbranched alkanes of at least 4 members (excludes halogenated alkanes) is 1. The van der Waals surface area contributed by atoms with Gasteiger partial charge in [-0.3, -0.25) is 0 Å². The lowest BCUT2D eigenvalue weighted by atomic mass is 10.0. The number of hydrogen-bond acceptors (Lipinski definition) is 1. The van der Waals surface area contributed by atoms with Crippen LogP contribution in [-0.4, -0.2) is 6.54 Å². The van der Waals surface area contributed by atoms with Gasteiger partial charge in [0.2, 0.25) is 0 Å². The van der Waals surface area contributed by atoms with Crippen LogP contribution >= 0.6 is 23.2 Å². The molecule has 17 heavy (non-hydrogen) atoms. The molecule has 1 aromatic rings. The van der Waals surface area contributed by atoms with E-state index in [2.05, 4.69) is 19.2 Å². The highest BCUT2D eigenvalue weighted by Gasteiger charge is 2.13. The lowest BCUT2D eigenvalue weighted by Crippen LogP contribution is -2.22. The topological polar surface area (TPSA) is 12.0 Å². The molecule has 96 valence electrons. The molecule has 0 radical (unpaired) electrons. The first-order valence-electron chi connectivity index (χ1n) is 6.37. The second-order valence-corrected chi connectivity index (χ2v) is 5.16. The lowest BCUT2D eigenvalue weighted by molar-refractivity contribution is 0.481. The maximum Gasteiger partial charge on any atom is 0.0468 e. The molecule has 1 nitrogen and oxygen atoms in total. The van der Waals surface area contributed by atoms with Crippen LogP contribution in [0.15, 0.2) is 18.2 Å². The van der Waals surface area contributed by atoms with E-state index in [-0.39, 0.29) is 0 Å². The van der Waals surface area contributed by atoms with Gasteiger partial charge in [-0.1, -0.05) is 56.0 Å². The number of halogens is 2. The Balaban J connectivity index is 2.79. The van der Waals surface area contributed by atoms with Crippen molar-refractivity contribution in [2.24, 2.45) is 0 Å². The molecule has 0 aliphatic carbocycles. The van der Waals surface area contributed by atoms with Crippen molar-refractivity contribution < 1.29 is 0 Å². The zero-order chi connectivity index (χ0) is 12.7. The van der Waals surface area contributed by atoms with Crippen LogP contribution in [0.4, 0.5) is 0 Å². The molecule has 0 aromatic heterocycles. The van der Waals surface area contributed by atoms with Crippen molar-refractivity contribution in [3.05, 3.63) is 33.8 Å². The molecule has 0 fully saturated rings. The maximum absolute atomic E-state index is 6.26. The van der Waals surface area contributed by atoms with Crippen molar-refractivity contribution in [2.45, 2.75) is 45.6 Å². The molecule has 0 spiro atoms. The highest BCUT2D eigenvalue weighted by molar-refractivity contribution is 6.35. The average molecular weight is 274 g/mol. The number of nitrogens with one attached hydrogen (secondary N) is 1. The summed E-state index contributed by atoms with van der Waals surface area (Å²) in [5, 5.41) is 5.02.